The van der Waals surface area contributed by atoms with E-state index < -0.39 is 0 Å². The molecule has 0 aromatic heterocycles. The first-order chi connectivity index (χ1) is 10.7. The summed E-state index contributed by atoms with van der Waals surface area (Å²) in [5.41, 5.74) is 7.54. The van der Waals surface area contributed by atoms with Crippen LogP contribution in [0.15, 0.2) is 30.3 Å². The predicted octanol–water partition coefficient (Wildman–Crippen LogP) is 1.10. The van der Waals surface area contributed by atoms with Crippen LogP contribution in [0.1, 0.15) is 25.3 Å². The van der Waals surface area contributed by atoms with Crippen LogP contribution in [0.25, 0.3) is 0 Å². The summed E-state index contributed by atoms with van der Waals surface area (Å²) in [7, 11) is 0. The van der Waals surface area contributed by atoms with Crippen LogP contribution < -0.4 is 10.9 Å². The molecule has 3 rings (SSSR count). The van der Waals surface area contributed by atoms with Crippen LogP contribution in [-0.2, 0) is 16.0 Å². The van der Waals surface area contributed by atoms with Crippen LogP contribution in [0.5, 0.6) is 0 Å². The van der Waals surface area contributed by atoms with Gasteiger partial charge in [0, 0.05) is 19.2 Å². The average Bonchev–Trinajstić information content (AvgIpc) is 3.20. The quantitative estimate of drug-likeness (QED) is 0.855. The first kappa shape index (κ1) is 15.5. The van der Waals surface area contributed by atoms with Gasteiger partial charge in [-0.15, -0.1) is 0 Å². The van der Waals surface area contributed by atoms with Crippen LogP contribution in [0.4, 0.5) is 0 Å². The fourth-order valence-corrected chi connectivity index (χ4v) is 3.21. The van der Waals surface area contributed by atoms with Gasteiger partial charge in [0.15, 0.2) is 0 Å². The van der Waals surface area contributed by atoms with Gasteiger partial charge in [0.05, 0.1) is 12.6 Å². The number of benzene rings is 1. The third kappa shape index (κ3) is 3.66. The van der Waals surface area contributed by atoms with Crippen molar-refractivity contribution >= 4 is 5.91 Å². The van der Waals surface area contributed by atoms with E-state index in [2.05, 4.69) is 29.9 Å². The minimum Gasteiger partial charge on any atom is -0.379 e. The molecule has 2 saturated heterocycles. The van der Waals surface area contributed by atoms with Crippen molar-refractivity contribution in [2.45, 2.75) is 44.3 Å². The molecule has 5 nitrogen and oxygen atoms in total. The number of nitrogens with zero attached hydrogens (tertiary/aromatic N) is 1. The van der Waals surface area contributed by atoms with Crippen molar-refractivity contribution in [1.29, 1.82) is 0 Å². The third-order valence-electron chi connectivity index (χ3n) is 4.51. The van der Waals surface area contributed by atoms with E-state index in [9.17, 15) is 4.79 Å². The van der Waals surface area contributed by atoms with Crippen molar-refractivity contribution < 1.29 is 9.53 Å². The molecule has 22 heavy (non-hydrogen) atoms. The number of hydrogen-bond donors (Lipinski definition) is 2. The molecule has 120 valence electrons. The Bertz CT molecular complexity index is 488. The molecule has 2 heterocycles. The summed E-state index contributed by atoms with van der Waals surface area (Å²) in [6, 6.07) is 10.8. The number of nitrogens with one attached hydrogen (secondary N) is 2. The van der Waals surface area contributed by atoms with E-state index >= 15 is 0 Å². The molecule has 0 saturated carbocycles. The Kier molecular flexibility index (Phi) is 5.08. The Morgan fingerprint density at radius 3 is 2.77 bits per heavy atom. The van der Waals surface area contributed by atoms with Crippen molar-refractivity contribution in [1.82, 2.24) is 15.8 Å². The Morgan fingerprint density at radius 2 is 2.14 bits per heavy atom. The van der Waals surface area contributed by atoms with Gasteiger partial charge in [-0.05, 0) is 31.7 Å². The maximum absolute atomic E-state index is 12.9. The van der Waals surface area contributed by atoms with E-state index in [-0.39, 0.29) is 18.0 Å². The normalized spacial score (nSPS) is 28.0. The number of hydrazine groups is 1. The number of hydrogen-bond acceptors (Lipinski definition) is 4. The van der Waals surface area contributed by atoms with Crippen molar-refractivity contribution in [3.05, 3.63) is 35.9 Å². The first-order valence-electron chi connectivity index (χ1n) is 8.17. The van der Waals surface area contributed by atoms with E-state index in [1.807, 2.05) is 23.1 Å². The van der Waals surface area contributed by atoms with Crippen molar-refractivity contribution in [3.8, 4) is 0 Å². The number of carbonyl (C=O) groups is 1. The summed E-state index contributed by atoms with van der Waals surface area (Å²) in [5, 5.41) is 0. The Balaban J connectivity index is 1.65. The van der Waals surface area contributed by atoms with Gasteiger partial charge in [-0.1, -0.05) is 30.3 Å². The maximum Gasteiger partial charge on any atom is 0.241 e. The van der Waals surface area contributed by atoms with Gasteiger partial charge >= 0.3 is 0 Å². The molecule has 2 aliphatic rings. The molecule has 1 amide bonds. The average molecular weight is 303 g/mol. The van der Waals surface area contributed by atoms with E-state index in [4.69, 9.17) is 4.74 Å². The highest BCUT2D eigenvalue weighted by atomic mass is 16.5. The summed E-state index contributed by atoms with van der Waals surface area (Å²) in [6.45, 7) is 4.26. The molecule has 3 unspecified atom stereocenters. The summed E-state index contributed by atoms with van der Waals surface area (Å²) < 4.78 is 5.49. The zero-order chi connectivity index (χ0) is 15.4. The Morgan fingerprint density at radius 1 is 1.32 bits per heavy atom. The summed E-state index contributed by atoms with van der Waals surface area (Å²) in [4.78, 5) is 14.9. The molecule has 2 aliphatic heterocycles. The lowest BCUT2D eigenvalue weighted by atomic mass is 10.1. The monoisotopic (exact) mass is 303 g/mol. The minimum atomic E-state index is -0.119. The van der Waals surface area contributed by atoms with Crippen molar-refractivity contribution in [3.63, 3.8) is 0 Å². The number of amides is 1. The van der Waals surface area contributed by atoms with Gasteiger partial charge in [-0.25, -0.2) is 5.43 Å². The molecule has 1 aromatic carbocycles. The standard InChI is InChI=1S/C17H25N3O2/c1-13-11-16(19-18-13)17(21)20(15-8-10-22-12-15)9-7-14-5-3-2-4-6-14/h2-6,13,15-16,18-19H,7-12H2,1H3. The summed E-state index contributed by atoms with van der Waals surface area (Å²) in [5.74, 6) is 0.197. The lowest BCUT2D eigenvalue weighted by Gasteiger charge is -2.30. The van der Waals surface area contributed by atoms with Crippen LogP contribution in [-0.4, -0.2) is 48.7 Å². The molecular formula is C17H25N3O2. The van der Waals surface area contributed by atoms with Crippen LogP contribution in [0.2, 0.25) is 0 Å². The number of rotatable bonds is 5. The summed E-state index contributed by atoms with van der Waals surface area (Å²) >= 11 is 0. The minimum absolute atomic E-state index is 0.119. The maximum atomic E-state index is 12.9. The van der Waals surface area contributed by atoms with Gasteiger partial charge in [0.25, 0.3) is 0 Å². The van der Waals surface area contributed by atoms with Crippen LogP contribution in [0.3, 0.4) is 0 Å². The van der Waals surface area contributed by atoms with Gasteiger partial charge in [0.1, 0.15) is 6.04 Å². The highest BCUT2D eigenvalue weighted by Gasteiger charge is 2.34. The van der Waals surface area contributed by atoms with E-state index in [1.54, 1.807) is 0 Å². The smallest absolute Gasteiger partial charge is 0.241 e. The molecule has 0 radical (unpaired) electrons. The molecule has 1 aromatic rings. The van der Waals surface area contributed by atoms with Gasteiger partial charge in [0.2, 0.25) is 5.91 Å². The number of ether oxygens (including phenoxy) is 1. The van der Waals surface area contributed by atoms with Crippen molar-refractivity contribution in [2.24, 2.45) is 0 Å². The molecule has 3 atom stereocenters. The molecule has 0 aliphatic carbocycles. The lowest BCUT2D eigenvalue weighted by Crippen LogP contribution is -2.50. The third-order valence-corrected chi connectivity index (χ3v) is 4.51. The zero-order valence-corrected chi connectivity index (χ0v) is 13.1. The largest absolute Gasteiger partial charge is 0.379 e. The second kappa shape index (κ2) is 7.22. The number of carbonyl (C=O) groups excluding carboxylic acids is 1. The highest BCUT2D eigenvalue weighted by molar-refractivity contribution is 5.82. The SMILES string of the molecule is CC1CC(C(=O)N(CCc2ccccc2)C2CCOC2)NN1. The van der Waals surface area contributed by atoms with Gasteiger partial charge in [-0.3, -0.25) is 10.2 Å². The fraction of sp³-hybridized carbons (Fsp3) is 0.588. The van der Waals surface area contributed by atoms with E-state index in [0.29, 0.717) is 12.6 Å². The fourth-order valence-electron chi connectivity index (χ4n) is 3.21. The van der Waals surface area contributed by atoms with Crippen LogP contribution >= 0.6 is 0 Å². The first-order valence-corrected chi connectivity index (χ1v) is 8.17. The lowest BCUT2D eigenvalue weighted by molar-refractivity contribution is -0.135. The Labute approximate surface area is 132 Å². The topological polar surface area (TPSA) is 53.6 Å². The van der Waals surface area contributed by atoms with Crippen molar-refractivity contribution in [2.75, 3.05) is 19.8 Å². The highest BCUT2D eigenvalue weighted by Crippen LogP contribution is 2.17. The van der Waals surface area contributed by atoms with Gasteiger partial charge in [-0.2, -0.15) is 0 Å². The predicted molar refractivity (Wildman–Crippen MR) is 85.2 cm³/mol. The van der Waals surface area contributed by atoms with E-state index in [1.165, 1.54) is 5.56 Å². The molecule has 5 heteroatoms. The van der Waals surface area contributed by atoms with E-state index in [0.717, 1.165) is 32.4 Å². The molecule has 0 spiro atoms. The summed E-state index contributed by atoms with van der Waals surface area (Å²) in [6.07, 6.45) is 2.67. The second-order valence-electron chi connectivity index (χ2n) is 6.26. The van der Waals surface area contributed by atoms with Crippen LogP contribution in [0, 0.1) is 0 Å². The molecular weight excluding hydrogens is 278 g/mol. The second-order valence-corrected chi connectivity index (χ2v) is 6.26. The molecule has 0 bridgehead atoms. The molecule has 2 N–H and O–H groups in total. The zero-order valence-electron chi connectivity index (χ0n) is 13.1. The molecule has 2 fully saturated rings. The Hall–Kier alpha value is -1.43. The van der Waals surface area contributed by atoms with Gasteiger partial charge < -0.3 is 9.64 Å².